The number of carbonyl (C=O) groups excluding carboxylic acids is 3. The zero-order valence-corrected chi connectivity index (χ0v) is 29.8. The third kappa shape index (κ3) is 8.08. The molecule has 0 radical (unpaired) electrons. The molecule has 0 spiro atoms. The number of anilines is 4. The SMILES string of the molecule is Cc1cc(C(=O)Nc2cc(S(=O)(=O)O)cc3ccc(O)cc23)ccc1NC(=O)Nc1ccc(C(=O)Nc2cc(S(=O)(=O)O)cc3ccc(O)cc23)cc1C. The summed E-state index contributed by atoms with van der Waals surface area (Å²) < 4.78 is 66.6. The molecule has 15 nitrogen and oxygen atoms in total. The number of aryl methyl sites for hydroxylation is 2. The first-order valence-electron chi connectivity index (χ1n) is 15.8. The highest BCUT2D eigenvalue weighted by Gasteiger charge is 2.19. The molecule has 4 amide bonds. The van der Waals surface area contributed by atoms with Crippen LogP contribution >= 0.6 is 0 Å². The molecular weight excluding hydrogens is 741 g/mol. The lowest BCUT2D eigenvalue weighted by molar-refractivity contribution is 0.101. The van der Waals surface area contributed by atoms with Crippen LogP contribution in [0.15, 0.2) is 107 Å². The van der Waals surface area contributed by atoms with Crippen molar-refractivity contribution in [1.29, 1.82) is 0 Å². The summed E-state index contributed by atoms with van der Waals surface area (Å²) in [6, 6.07) is 20.9. The average Bonchev–Trinajstić information content (AvgIpc) is 3.09. The summed E-state index contributed by atoms with van der Waals surface area (Å²) in [5.41, 5.74) is 2.06. The second kappa shape index (κ2) is 14.1. The molecular formula is C37H30N4O11S2. The zero-order chi connectivity index (χ0) is 39.1. The Morgan fingerprint density at radius 2 is 0.870 bits per heavy atom. The highest BCUT2D eigenvalue weighted by atomic mass is 32.2. The Kier molecular flexibility index (Phi) is 9.74. The lowest BCUT2D eigenvalue weighted by Crippen LogP contribution is -2.21. The first-order chi connectivity index (χ1) is 25.3. The molecule has 8 N–H and O–H groups in total. The van der Waals surface area contributed by atoms with E-state index in [4.69, 9.17) is 0 Å². The highest BCUT2D eigenvalue weighted by Crippen LogP contribution is 2.33. The van der Waals surface area contributed by atoms with Gasteiger partial charge in [0.05, 0.1) is 21.2 Å². The zero-order valence-electron chi connectivity index (χ0n) is 28.2. The number of rotatable bonds is 8. The number of phenolic OH excluding ortho intramolecular Hbond substituents is 2. The molecule has 0 saturated heterocycles. The number of hydrogen-bond acceptors (Lipinski definition) is 9. The molecule has 6 aromatic carbocycles. The Balaban J connectivity index is 1.14. The molecule has 0 heterocycles. The van der Waals surface area contributed by atoms with E-state index in [1.165, 1.54) is 84.9 Å². The van der Waals surface area contributed by atoms with Gasteiger partial charge in [0, 0.05) is 33.3 Å². The molecule has 0 bridgehead atoms. The molecule has 6 aromatic rings. The smallest absolute Gasteiger partial charge is 0.323 e. The van der Waals surface area contributed by atoms with Crippen molar-refractivity contribution >= 4 is 82.4 Å². The molecule has 0 unspecified atom stereocenters. The van der Waals surface area contributed by atoms with E-state index in [0.29, 0.717) is 44.0 Å². The maximum Gasteiger partial charge on any atom is 0.323 e. The van der Waals surface area contributed by atoms with E-state index in [0.717, 1.165) is 12.1 Å². The number of phenols is 2. The Bertz CT molecular complexity index is 2600. The van der Waals surface area contributed by atoms with Crippen LogP contribution in [0.25, 0.3) is 21.5 Å². The predicted molar refractivity (Wildman–Crippen MR) is 202 cm³/mol. The van der Waals surface area contributed by atoms with Gasteiger partial charge >= 0.3 is 6.03 Å². The van der Waals surface area contributed by atoms with Crippen LogP contribution in [0, 0.1) is 13.8 Å². The Labute approximate surface area is 307 Å². The van der Waals surface area contributed by atoms with E-state index in [2.05, 4.69) is 21.3 Å². The Hall–Kier alpha value is -6.53. The largest absolute Gasteiger partial charge is 0.508 e. The van der Waals surface area contributed by atoms with Gasteiger partial charge in [0.15, 0.2) is 0 Å². The molecule has 17 heteroatoms. The number of aromatic hydroxyl groups is 2. The quantitative estimate of drug-likeness (QED) is 0.0760. The average molecular weight is 771 g/mol. The van der Waals surface area contributed by atoms with Gasteiger partial charge in [-0.25, -0.2) is 4.79 Å². The molecule has 0 aromatic heterocycles. The van der Waals surface area contributed by atoms with Gasteiger partial charge in [0.1, 0.15) is 11.5 Å². The third-order valence-corrected chi connectivity index (χ3v) is 10.1. The van der Waals surface area contributed by atoms with Crippen molar-refractivity contribution in [2.75, 3.05) is 21.3 Å². The molecule has 6 rings (SSSR count). The van der Waals surface area contributed by atoms with Crippen molar-refractivity contribution < 1.29 is 50.5 Å². The monoisotopic (exact) mass is 770 g/mol. The van der Waals surface area contributed by atoms with Crippen molar-refractivity contribution in [3.05, 3.63) is 119 Å². The summed E-state index contributed by atoms with van der Waals surface area (Å²) >= 11 is 0. The predicted octanol–water partition coefficient (Wildman–Crippen LogP) is 6.66. The van der Waals surface area contributed by atoms with E-state index in [-0.39, 0.29) is 34.0 Å². The normalized spacial score (nSPS) is 11.6. The first-order valence-corrected chi connectivity index (χ1v) is 18.6. The topological polar surface area (TPSA) is 249 Å². The van der Waals surface area contributed by atoms with E-state index < -0.39 is 47.9 Å². The Morgan fingerprint density at radius 1 is 0.481 bits per heavy atom. The number of carbonyl (C=O) groups is 3. The summed E-state index contributed by atoms with van der Waals surface area (Å²) in [6.07, 6.45) is 0. The number of amides is 4. The number of nitrogens with one attached hydrogen (secondary N) is 4. The maximum atomic E-state index is 13.2. The fourth-order valence-corrected chi connectivity index (χ4v) is 6.78. The van der Waals surface area contributed by atoms with Gasteiger partial charge in [0.2, 0.25) is 0 Å². The van der Waals surface area contributed by atoms with Crippen LogP contribution in [0.5, 0.6) is 11.5 Å². The number of hydrogen-bond donors (Lipinski definition) is 8. The minimum atomic E-state index is -4.62. The number of urea groups is 1. The standard InChI is InChI=1S/C37H30N4O11S2/c1-19-11-23(35(44)38-33-17-27(53(47,48)49)13-21-3-7-25(42)15-29(21)33)5-9-31(19)40-37(46)41-32-10-6-24(12-20(32)2)36(45)39-34-18-28(54(50,51)52)14-22-4-8-26(43)16-30(22)34/h3-18,42-43H,1-2H3,(H,38,44)(H,39,45)(H2,40,41,46)(H,47,48,49)(H,50,51,52). The van der Waals surface area contributed by atoms with Gasteiger partial charge < -0.3 is 31.5 Å². The maximum absolute atomic E-state index is 13.2. The van der Waals surface area contributed by atoms with E-state index >= 15 is 0 Å². The van der Waals surface area contributed by atoms with Crippen molar-refractivity contribution in [3.63, 3.8) is 0 Å². The van der Waals surface area contributed by atoms with E-state index in [9.17, 15) is 50.5 Å². The van der Waals surface area contributed by atoms with Gasteiger partial charge in [-0.05, 0) is 121 Å². The second-order valence-corrected chi connectivity index (χ2v) is 15.1. The third-order valence-electron chi connectivity index (χ3n) is 8.39. The summed E-state index contributed by atoms with van der Waals surface area (Å²) in [4.78, 5) is 38.5. The Morgan fingerprint density at radius 3 is 1.22 bits per heavy atom. The summed E-state index contributed by atoms with van der Waals surface area (Å²) in [5.74, 6) is -1.53. The van der Waals surface area contributed by atoms with Crippen molar-refractivity contribution in [3.8, 4) is 11.5 Å². The minimum Gasteiger partial charge on any atom is -0.508 e. The summed E-state index contributed by atoms with van der Waals surface area (Å²) in [7, 11) is -9.23. The van der Waals surface area contributed by atoms with Crippen LogP contribution in [0.3, 0.4) is 0 Å². The van der Waals surface area contributed by atoms with Crippen molar-refractivity contribution in [2.45, 2.75) is 23.6 Å². The second-order valence-electron chi connectivity index (χ2n) is 12.2. The summed E-state index contributed by atoms with van der Waals surface area (Å²) in [6.45, 7) is 3.29. The molecule has 0 atom stereocenters. The molecule has 54 heavy (non-hydrogen) atoms. The van der Waals surface area contributed by atoms with Crippen LogP contribution in [0.4, 0.5) is 27.5 Å². The van der Waals surface area contributed by atoms with Crippen LogP contribution in [-0.2, 0) is 20.2 Å². The van der Waals surface area contributed by atoms with Gasteiger partial charge in [-0.3, -0.25) is 18.7 Å². The number of fused-ring (bicyclic) bond motifs is 2. The first kappa shape index (κ1) is 37.2. The van der Waals surface area contributed by atoms with Gasteiger partial charge in [-0.15, -0.1) is 0 Å². The fraction of sp³-hybridized carbons (Fsp3) is 0.0541. The lowest BCUT2D eigenvalue weighted by atomic mass is 10.1. The molecule has 0 saturated carbocycles. The molecule has 0 aliphatic rings. The van der Waals surface area contributed by atoms with Gasteiger partial charge in [0.25, 0.3) is 32.1 Å². The molecule has 0 aliphatic carbocycles. The molecule has 0 fully saturated rings. The number of benzene rings is 6. The highest BCUT2D eigenvalue weighted by molar-refractivity contribution is 7.86. The van der Waals surface area contributed by atoms with Crippen molar-refractivity contribution in [1.82, 2.24) is 0 Å². The molecule has 276 valence electrons. The van der Waals surface area contributed by atoms with Crippen LogP contribution in [0.2, 0.25) is 0 Å². The minimum absolute atomic E-state index is 0.0271. The van der Waals surface area contributed by atoms with E-state index in [1.807, 2.05) is 0 Å². The van der Waals surface area contributed by atoms with Gasteiger partial charge in [-0.1, -0.05) is 12.1 Å². The van der Waals surface area contributed by atoms with Crippen LogP contribution in [-0.4, -0.2) is 54.0 Å². The van der Waals surface area contributed by atoms with Gasteiger partial charge in [-0.2, -0.15) is 16.8 Å². The van der Waals surface area contributed by atoms with Crippen LogP contribution < -0.4 is 21.3 Å². The van der Waals surface area contributed by atoms with Crippen molar-refractivity contribution in [2.24, 2.45) is 0 Å². The van der Waals surface area contributed by atoms with E-state index in [1.54, 1.807) is 13.8 Å². The lowest BCUT2D eigenvalue weighted by Gasteiger charge is -2.15. The fourth-order valence-electron chi connectivity index (χ4n) is 5.70. The summed E-state index contributed by atoms with van der Waals surface area (Å²) in [5, 5.41) is 31.9. The molecule has 0 aliphatic heterocycles. The van der Waals surface area contributed by atoms with Crippen LogP contribution in [0.1, 0.15) is 31.8 Å².